The number of hydrazone groups is 1. The summed E-state index contributed by atoms with van der Waals surface area (Å²) >= 11 is 12.0. The molecule has 0 aliphatic rings. The molecule has 0 aromatic heterocycles. The van der Waals surface area contributed by atoms with Gasteiger partial charge >= 0.3 is 0 Å². The van der Waals surface area contributed by atoms with Gasteiger partial charge in [0.15, 0.2) is 0 Å². The van der Waals surface area contributed by atoms with Crippen molar-refractivity contribution in [3.05, 3.63) is 68.7 Å². The molecule has 3 nitrogen and oxygen atoms in total. The number of rotatable bonds is 4. The van der Waals surface area contributed by atoms with Crippen LogP contribution in [-0.2, 0) is 11.2 Å². The molecule has 0 saturated carbocycles. The number of nitrogens with zero attached hydrogens (tertiary/aromatic N) is 1. The standard InChI is InChI=1S/C18H18Cl2N2O/c1-11-4-5-14(12(2)8-11)9-18(23)22-21-13(3)16-7-6-15(19)10-17(16)20/h4-8,10H,9H2,1-3H3,(H,22,23)/b21-13-. The fraction of sp³-hybridized carbons (Fsp3) is 0.222. The van der Waals surface area contributed by atoms with Crippen LogP contribution in [0, 0.1) is 13.8 Å². The topological polar surface area (TPSA) is 41.5 Å². The van der Waals surface area contributed by atoms with Crippen LogP contribution in [-0.4, -0.2) is 11.6 Å². The molecule has 1 amide bonds. The van der Waals surface area contributed by atoms with Crippen LogP contribution in [0.1, 0.15) is 29.2 Å². The summed E-state index contributed by atoms with van der Waals surface area (Å²) in [5.74, 6) is -0.165. The maximum Gasteiger partial charge on any atom is 0.244 e. The van der Waals surface area contributed by atoms with Crippen molar-refractivity contribution in [1.82, 2.24) is 5.43 Å². The average molecular weight is 349 g/mol. The van der Waals surface area contributed by atoms with Crippen molar-refractivity contribution in [3.63, 3.8) is 0 Å². The van der Waals surface area contributed by atoms with Crippen LogP contribution in [0.5, 0.6) is 0 Å². The van der Waals surface area contributed by atoms with Gasteiger partial charge in [0.25, 0.3) is 0 Å². The maximum atomic E-state index is 12.1. The highest BCUT2D eigenvalue weighted by atomic mass is 35.5. The Morgan fingerprint density at radius 3 is 2.52 bits per heavy atom. The largest absolute Gasteiger partial charge is 0.273 e. The predicted molar refractivity (Wildman–Crippen MR) is 96.4 cm³/mol. The van der Waals surface area contributed by atoms with E-state index < -0.39 is 0 Å². The van der Waals surface area contributed by atoms with Gasteiger partial charge in [-0.05, 0) is 44.0 Å². The Morgan fingerprint density at radius 2 is 1.87 bits per heavy atom. The zero-order valence-electron chi connectivity index (χ0n) is 13.3. The number of halogens is 2. The van der Waals surface area contributed by atoms with Crippen molar-refractivity contribution in [3.8, 4) is 0 Å². The summed E-state index contributed by atoms with van der Waals surface area (Å²) in [5.41, 5.74) is 7.20. The Kier molecular flexibility index (Phi) is 5.80. The van der Waals surface area contributed by atoms with E-state index in [1.807, 2.05) is 26.0 Å². The van der Waals surface area contributed by atoms with Crippen LogP contribution in [0.2, 0.25) is 10.0 Å². The van der Waals surface area contributed by atoms with Gasteiger partial charge in [-0.15, -0.1) is 0 Å². The lowest BCUT2D eigenvalue weighted by Gasteiger charge is -2.07. The van der Waals surface area contributed by atoms with E-state index >= 15 is 0 Å². The summed E-state index contributed by atoms with van der Waals surface area (Å²) in [7, 11) is 0. The Balaban J connectivity index is 2.05. The quantitative estimate of drug-likeness (QED) is 0.631. The number of amides is 1. The molecule has 23 heavy (non-hydrogen) atoms. The molecule has 0 bridgehead atoms. The number of hydrogen-bond acceptors (Lipinski definition) is 2. The van der Waals surface area contributed by atoms with E-state index in [1.165, 1.54) is 5.56 Å². The van der Waals surface area contributed by atoms with Gasteiger partial charge in [-0.3, -0.25) is 4.79 Å². The molecule has 0 aliphatic heterocycles. The normalized spacial score (nSPS) is 11.4. The third-order valence-electron chi connectivity index (χ3n) is 3.52. The van der Waals surface area contributed by atoms with Gasteiger partial charge in [-0.2, -0.15) is 5.10 Å². The number of aryl methyl sites for hydroxylation is 2. The van der Waals surface area contributed by atoms with Crippen LogP contribution in [0.15, 0.2) is 41.5 Å². The van der Waals surface area contributed by atoms with Gasteiger partial charge in [0.1, 0.15) is 0 Å². The lowest BCUT2D eigenvalue weighted by molar-refractivity contribution is -0.120. The van der Waals surface area contributed by atoms with E-state index in [0.29, 0.717) is 15.8 Å². The van der Waals surface area contributed by atoms with Crippen LogP contribution < -0.4 is 5.43 Å². The van der Waals surface area contributed by atoms with Crippen LogP contribution in [0.25, 0.3) is 0 Å². The highest BCUT2D eigenvalue weighted by molar-refractivity contribution is 6.37. The summed E-state index contributed by atoms with van der Waals surface area (Å²) in [6.07, 6.45) is 0.289. The van der Waals surface area contributed by atoms with E-state index in [0.717, 1.165) is 16.7 Å². The van der Waals surface area contributed by atoms with Gasteiger partial charge in [0, 0.05) is 10.6 Å². The van der Waals surface area contributed by atoms with Crippen molar-refractivity contribution < 1.29 is 4.79 Å². The summed E-state index contributed by atoms with van der Waals surface area (Å²) in [6, 6.07) is 11.2. The highest BCUT2D eigenvalue weighted by Gasteiger charge is 2.08. The van der Waals surface area contributed by atoms with Crippen molar-refractivity contribution >= 4 is 34.8 Å². The first-order valence-electron chi connectivity index (χ1n) is 7.21. The number of hydrogen-bond donors (Lipinski definition) is 1. The van der Waals surface area contributed by atoms with Gasteiger partial charge in [0.2, 0.25) is 5.91 Å². The molecule has 5 heteroatoms. The first-order chi connectivity index (χ1) is 10.9. The molecule has 1 N–H and O–H groups in total. The van der Waals surface area contributed by atoms with E-state index in [4.69, 9.17) is 23.2 Å². The predicted octanol–water partition coefficient (Wildman–Crippen LogP) is 4.69. The maximum absolute atomic E-state index is 12.1. The summed E-state index contributed by atoms with van der Waals surface area (Å²) < 4.78 is 0. The minimum Gasteiger partial charge on any atom is -0.273 e. The molecule has 0 fully saturated rings. The van der Waals surface area contributed by atoms with E-state index in [-0.39, 0.29) is 12.3 Å². The second kappa shape index (κ2) is 7.62. The second-order valence-electron chi connectivity index (χ2n) is 5.46. The molecule has 2 rings (SSSR count). The first kappa shape index (κ1) is 17.5. The first-order valence-corrected chi connectivity index (χ1v) is 7.97. The highest BCUT2D eigenvalue weighted by Crippen LogP contribution is 2.21. The average Bonchev–Trinajstić information content (AvgIpc) is 2.48. The fourth-order valence-electron chi connectivity index (χ4n) is 2.25. The van der Waals surface area contributed by atoms with Crippen LogP contribution in [0.4, 0.5) is 0 Å². The van der Waals surface area contributed by atoms with Gasteiger partial charge in [-0.25, -0.2) is 5.43 Å². The molecular formula is C18H18Cl2N2O. The molecule has 0 aliphatic carbocycles. The fourth-order valence-corrected chi connectivity index (χ4v) is 2.79. The SMILES string of the molecule is C/C(=N/NC(=O)Cc1ccc(C)cc1C)c1ccc(Cl)cc1Cl. The van der Waals surface area contributed by atoms with E-state index in [2.05, 4.69) is 16.6 Å². The second-order valence-corrected chi connectivity index (χ2v) is 6.31. The smallest absolute Gasteiger partial charge is 0.244 e. The monoisotopic (exact) mass is 348 g/mol. The molecular weight excluding hydrogens is 331 g/mol. The molecule has 0 spiro atoms. The van der Waals surface area contributed by atoms with Crippen LogP contribution in [0.3, 0.4) is 0 Å². The lowest BCUT2D eigenvalue weighted by Crippen LogP contribution is -2.21. The molecule has 0 heterocycles. The molecule has 120 valence electrons. The summed E-state index contributed by atoms with van der Waals surface area (Å²) in [4.78, 5) is 12.1. The Hall–Kier alpha value is -1.84. The minimum atomic E-state index is -0.165. The third-order valence-corrected chi connectivity index (χ3v) is 4.07. The number of carbonyl (C=O) groups is 1. The number of carbonyl (C=O) groups excluding carboxylic acids is 1. The minimum absolute atomic E-state index is 0.165. The van der Waals surface area contributed by atoms with E-state index in [1.54, 1.807) is 25.1 Å². The summed E-state index contributed by atoms with van der Waals surface area (Å²) in [6.45, 7) is 5.81. The van der Waals surface area contributed by atoms with Crippen molar-refractivity contribution in [2.45, 2.75) is 27.2 Å². The van der Waals surface area contributed by atoms with Crippen LogP contribution >= 0.6 is 23.2 Å². The van der Waals surface area contributed by atoms with Gasteiger partial charge < -0.3 is 0 Å². The van der Waals surface area contributed by atoms with Crippen molar-refractivity contribution in [2.24, 2.45) is 5.10 Å². The zero-order chi connectivity index (χ0) is 17.0. The lowest BCUT2D eigenvalue weighted by atomic mass is 10.0. The van der Waals surface area contributed by atoms with Gasteiger partial charge in [-0.1, -0.05) is 53.0 Å². The van der Waals surface area contributed by atoms with Gasteiger partial charge in [0.05, 0.1) is 17.2 Å². The molecule has 0 unspecified atom stereocenters. The molecule has 0 radical (unpaired) electrons. The number of benzene rings is 2. The Labute approximate surface area is 146 Å². The Bertz CT molecular complexity index is 770. The third kappa shape index (κ3) is 4.81. The van der Waals surface area contributed by atoms with E-state index in [9.17, 15) is 4.79 Å². The van der Waals surface area contributed by atoms with Crippen molar-refractivity contribution in [1.29, 1.82) is 0 Å². The number of nitrogens with one attached hydrogen (secondary N) is 1. The molecule has 0 saturated heterocycles. The van der Waals surface area contributed by atoms with Crippen molar-refractivity contribution in [2.75, 3.05) is 0 Å². The molecule has 2 aromatic rings. The summed E-state index contributed by atoms with van der Waals surface area (Å²) in [5, 5.41) is 5.18. The zero-order valence-corrected chi connectivity index (χ0v) is 14.8. The molecule has 0 atom stereocenters. The Morgan fingerprint density at radius 1 is 1.13 bits per heavy atom. The molecule has 2 aromatic carbocycles.